The molecule has 0 bridgehead atoms. The number of aryl methyl sites for hydroxylation is 1. The lowest BCUT2D eigenvalue weighted by Crippen LogP contribution is -2.13. The van der Waals surface area contributed by atoms with E-state index in [2.05, 4.69) is 19.1 Å². The minimum Gasteiger partial charge on any atom is -0.495 e. The van der Waals surface area contributed by atoms with Gasteiger partial charge in [-0.1, -0.05) is 42.8 Å². The van der Waals surface area contributed by atoms with Gasteiger partial charge in [0.1, 0.15) is 16.5 Å². The van der Waals surface area contributed by atoms with E-state index in [1.807, 2.05) is 18.2 Å². The van der Waals surface area contributed by atoms with E-state index in [1.54, 1.807) is 20.3 Å². The summed E-state index contributed by atoms with van der Waals surface area (Å²) < 4.78 is 10.6. The summed E-state index contributed by atoms with van der Waals surface area (Å²) in [6, 6.07) is 11.7. The number of methoxy groups -OCH3 is 2. The molecule has 0 heterocycles. The average molecular weight is 306 g/mol. The van der Waals surface area contributed by atoms with Crippen LogP contribution in [0, 0.1) is 0 Å². The van der Waals surface area contributed by atoms with Crippen LogP contribution in [0.25, 0.3) is 0 Å². The van der Waals surface area contributed by atoms with Crippen molar-refractivity contribution in [2.24, 2.45) is 5.73 Å². The van der Waals surface area contributed by atoms with Gasteiger partial charge in [0.05, 0.1) is 20.3 Å². The molecule has 1 unspecified atom stereocenters. The van der Waals surface area contributed by atoms with Crippen molar-refractivity contribution in [3.8, 4) is 11.5 Å². The van der Waals surface area contributed by atoms with Crippen molar-refractivity contribution >= 4 is 11.6 Å². The molecule has 0 radical (unpaired) electrons. The van der Waals surface area contributed by atoms with Gasteiger partial charge in [0.2, 0.25) is 0 Å². The monoisotopic (exact) mass is 305 g/mol. The lowest BCUT2D eigenvalue weighted by molar-refractivity contribution is 0.390. The fourth-order valence-electron chi connectivity index (χ4n) is 2.30. The van der Waals surface area contributed by atoms with Crippen LogP contribution in [-0.4, -0.2) is 14.2 Å². The van der Waals surface area contributed by atoms with Gasteiger partial charge >= 0.3 is 0 Å². The zero-order valence-electron chi connectivity index (χ0n) is 12.5. The van der Waals surface area contributed by atoms with E-state index in [-0.39, 0.29) is 6.04 Å². The van der Waals surface area contributed by atoms with Crippen molar-refractivity contribution in [3.63, 3.8) is 0 Å². The smallest absolute Gasteiger partial charge is 0.146 e. The van der Waals surface area contributed by atoms with Gasteiger partial charge < -0.3 is 15.2 Å². The maximum atomic E-state index is 6.37. The Hall–Kier alpha value is -1.71. The number of benzene rings is 2. The van der Waals surface area contributed by atoms with E-state index in [0.717, 1.165) is 17.5 Å². The molecule has 3 nitrogen and oxygen atoms in total. The molecule has 0 saturated carbocycles. The van der Waals surface area contributed by atoms with Gasteiger partial charge in [-0.2, -0.15) is 0 Å². The molecule has 0 saturated heterocycles. The summed E-state index contributed by atoms with van der Waals surface area (Å²) in [5.41, 5.74) is 9.51. The molecular formula is C17H20ClNO2. The second-order valence-electron chi connectivity index (χ2n) is 4.78. The van der Waals surface area contributed by atoms with Crippen LogP contribution in [0.4, 0.5) is 0 Å². The molecule has 2 aromatic rings. The van der Waals surface area contributed by atoms with Crippen LogP contribution in [0.5, 0.6) is 11.5 Å². The van der Waals surface area contributed by atoms with Gasteiger partial charge in [-0.3, -0.25) is 0 Å². The Labute approximate surface area is 130 Å². The zero-order chi connectivity index (χ0) is 15.4. The van der Waals surface area contributed by atoms with Crippen LogP contribution in [0.1, 0.15) is 29.7 Å². The van der Waals surface area contributed by atoms with Crippen molar-refractivity contribution in [1.82, 2.24) is 0 Å². The molecule has 0 aromatic heterocycles. The molecule has 2 rings (SSSR count). The first-order valence-electron chi connectivity index (χ1n) is 6.87. The SMILES string of the molecule is CCc1ccc(C(N)c2ccc(OC)c(Cl)c2OC)cc1. The summed E-state index contributed by atoms with van der Waals surface area (Å²) in [5.74, 6) is 1.13. The minimum absolute atomic E-state index is 0.297. The molecule has 21 heavy (non-hydrogen) atoms. The Kier molecular flexibility index (Phi) is 5.10. The standard InChI is InChI=1S/C17H20ClNO2/c1-4-11-5-7-12(8-6-11)16(19)13-9-10-14(20-2)15(18)17(13)21-3/h5-10,16H,4,19H2,1-3H3. The molecule has 0 spiro atoms. The van der Waals surface area contributed by atoms with E-state index >= 15 is 0 Å². The summed E-state index contributed by atoms with van der Waals surface area (Å²) in [5, 5.41) is 0.443. The van der Waals surface area contributed by atoms with E-state index in [4.69, 9.17) is 26.8 Å². The number of halogens is 1. The second-order valence-corrected chi connectivity index (χ2v) is 5.16. The topological polar surface area (TPSA) is 44.5 Å². The van der Waals surface area contributed by atoms with Crippen molar-refractivity contribution in [2.75, 3.05) is 14.2 Å². The second kappa shape index (κ2) is 6.83. The third kappa shape index (κ3) is 3.14. The lowest BCUT2D eigenvalue weighted by Gasteiger charge is -2.18. The lowest BCUT2D eigenvalue weighted by atomic mass is 9.97. The largest absolute Gasteiger partial charge is 0.495 e. The zero-order valence-corrected chi connectivity index (χ0v) is 13.3. The van der Waals surface area contributed by atoms with Crippen molar-refractivity contribution < 1.29 is 9.47 Å². The Morgan fingerprint density at radius 3 is 2.24 bits per heavy atom. The third-order valence-electron chi connectivity index (χ3n) is 3.60. The van der Waals surface area contributed by atoms with Crippen LogP contribution in [0.2, 0.25) is 5.02 Å². The Morgan fingerprint density at radius 1 is 1.05 bits per heavy atom. The van der Waals surface area contributed by atoms with Gasteiger partial charge in [0.15, 0.2) is 0 Å². The van der Waals surface area contributed by atoms with Crippen LogP contribution in [0.3, 0.4) is 0 Å². The first-order valence-corrected chi connectivity index (χ1v) is 7.25. The number of ether oxygens (including phenoxy) is 2. The molecule has 0 aliphatic rings. The van der Waals surface area contributed by atoms with Gasteiger partial charge in [0.25, 0.3) is 0 Å². The summed E-state index contributed by atoms with van der Waals surface area (Å²) >= 11 is 6.29. The highest BCUT2D eigenvalue weighted by Crippen LogP contribution is 2.40. The Morgan fingerprint density at radius 2 is 1.71 bits per heavy atom. The van der Waals surface area contributed by atoms with Crippen molar-refractivity contribution in [2.45, 2.75) is 19.4 Å². The molecule has 0 fully saturated rings. The molecule has 112 valence electrons. The number of hydrogen-bond acceptors (Lipinski definition) is 3. The van der Waals surface area contributed by atoms with Gasteiger partial charge in [-0.25, -0.2) is 0 Å². The van der Waals surface area contributed by atoms with Gasteiger partial charge in [-0.05, 0) is 29.7 Å². The van der Waals surface area contributed by atoms with Crippen LogP contribution >= 0.6 is 11.6 Å². The third-order valence-corrected chi connectivity index (χ3v) is 3.96. The highest BCUT2D eigenvalue weighted by atomic mass is 35.5. The van der Waals surface area contributed by atoms with Gasteiger partial charge in [-0.15, -0.1) is 0 Å². The number of hydrogen-bond donors (Lipinski definition) is 1. The fraction of sp³-hybridized carbons (Fsp3) is 0.294. The van der Waals surface area contributed by atoms with Crippen molar-refractivity contribution in [1.29, 1.82) is 0 Å². The van der Waals surface area contributed by atoms with Crippen LogP contribution in [0.15, 0.2) is 36.4 Å². The molecule has 4 heteroatoms. The van der Waals surface area contributed by atoms with E-state index in [9.17, 15) is 0 Å². The first-order chi connectivity index (χ1) is 10.1. The van der Waals surface area contributed by atoms with Crippen LogP contribution in [-0.2, 0) is 6.42 Å². The Balaban J connectivity index is 2.42. The summed E-state index contributed by atoms with van der Waals surface area (Å²) in [4.78, 5) is 0. The maximum Gasteiger partial charge on any atom is 0.146 e. The van der Waals surface area contributed by atoms with Crippen LogP contribution < -0.4 is 15.2 Å². The Bertz CT molecular complexity index is 611. The molecule has 1 atom stereocenters. The molecule has 2 N–H and O–H groups in total. The highest BCUT2D eigenvalue weighted by molar-refractivity contribution is 6.33. The van der Waals surface area contributed by atoms with E-state index in [1.165, 1.54) is 5.56 Å². The van der Waals surface area contributed by atoms with E-state index in [0.29, 0.717) is 16.5 Å². The molecule has 0 aliphatic heterocycles. The molecule has 0 amide bonds. The van der Waals surface area contributed by atoms with Gasteiger partial charge in [0, 0.05) is 5.56 Å². The molecular weight excluding hydrogens is 286 g/mol. The number of nitrogens with two attached hydrogens (primary N) is 1. The predicted octanol–water partition coefficient (Wildman–Crippen LogP) is 3.97. The highest BCUT2D eigenvalue weighted by Gasteiger charge is 2.19. The van der Waals surface area contributed by atoms with E-state index < -0.39 is 0 Å². The quantitative estimate of drug-likeness (QED) is 0.909. The average Bonchev–Trinajstić information content (AvgIpc) is 2.54. The minimum atomic E-state index is -0.297. The normalized spacial score (nSPS) is 12.0. The summed E-state index contributed by atoms with van der Waals surface area (Å²) in [6.45, 7) is 2.13. The molecule has 0 aliphatic carbocycles. The maximum absolute atomic E-state index is 6.37. The van der Waals surface area contributed by atoms with Crippen molar-refractivity contribution in [3.05, 3.63) is 58.1 Å². The summed E-state index contributed by atoms with van der Waals surface area (Å²) in [7, 11) is 3.15. The fourth-order valence-corrected chi connectivity index (χ4v) is 2.63. The predicted molar refractivity (Wildman–Crippen MR) is 86.4 cm³/mol. The number of rotatable bonds is 5. The first kappa shape index (κ1) is 15.7. The molecule has 2 aromatic carbocycles. The summed E-state index contributed by atoms with van der Waals surface area (Å²) in [6.07, 6.45) is 1.01.